The monoisotopic (exact) mass is 439 g/mol. The minimum absolute atomic E-state index is 0.0433. The predicted octanol–water partition coefficient (Wildman–Crippen LogP) is 5.30. The fourth-order valence-corrected chi connectivity index (χ4v) is 4.86. The molecular formula is C24H26ClN3OS. The normalized spacial score (nSPS) is 15.9. The van der Waals surface area contributed by atoms with Gasteiger partial charge < -0.3 is 4.90 Å². The Balaban J connectivity index is 1.32. The summed E-state index contributed by atoms with van der Waals surface area (Å²) in [5.41, 5.74) is 3.29. The van der Waals surface area contributed by atoms with Crippen LogP contribution in [0.2, 0.25) is 5.02 Å². The van der Waals surface area contributed by atoms with Crippen LogP contribution in [0, 0.1) is 0 Å². The number of halogens is 1. The number of rotatable bonds is 6. The Labute approximate surface area is 187 Å². The maximum atomic E-state index is 13.1. The molecule has 1 aliphatic heterocycles. The molecule has 1 aliphatic rings. The Bertz CT molecular complexity index is 966. The number of piperazine rings is 1. The van der Waals surface area contributed by atoms with Crippen LogP contribution in [-0.4, -0.2) is 46.9 Å². The third kappa shape index (κ3) is 4.91. The minimum Gasteiger partial charge on any atom is -0.340 e. The molecule has 0 saturated carbocycles. The van der Waals surface area contributed by atoms with Crippen molar-refractivity contribution >= 4 is 28.8 Å². The summed E-state index contributed by atoms with van der Waals surface area (Å²) in [5.74, 6) is 0.209. The lowest BCUT2D eigenvalue weighted by atomic mass is 9.95. The molecule has 0 radical (unpaired) electrons. The van der Waals surface area contributed by atoms with Crippen LogP contribution in [0.25, 0.3) is 10.6 Å². The van der Waals surface area contributed by atoms with Crippen LogP contribution in [0.4, 0.5) is 0 Å². The van der Waals surface area contributed by atoms with E-state index in [0.717, 1.165) is 66.0 Å². The smallest absolute Gasteiger partial charge is 0.230 e. The lowest BCUT2D eigenvalue weighted by Gasteiger charge is -2.36. The van der Waals surface area contributed by atoms with Crippen molar-refractivity contribution in [3.05, 3.63) is 76.3 Å². The van der Waals surface area contributed by atoms with Gasteiger partial charge in [-0.3, -0.25) is 9.69 Å². The number of carbonyl (C=O) groups is 1. The second kappa shape index (κ2) is 9.73. The summed E-state index contributed by atoms with van der Waals surface area (Å²) in [7, 11) is 0. The van der Waals surface area contributed by atoms with Crippen LogP contribution < -0.4 is 0 Å². The molecule has 0 bridgehead atoms. The summed E-state index contributed by atoms with van der Waals surface area (Å²) in [6, 6.07) is 17.9. The maximum Gasteiger partial charge on any atom is 0.230 e. The molecule has 1 fully saturated rings. The Kier molecular flexibility index (Phi) is 6.82. The molecule has 1 amide bonds. The topological polar surface area (TPSA) is 36.4 Å². The number of aromatic nitrogens is 1. The molecule has 2 heterocycles. The van der Waals surface area contributed by atoms with Crippen molar-refractivity contribution < 1.29 is 4.79 Å². The molecule has 4 nitrogen and oxygen atoms in total. The van der Waals surface area contributed by atoms with E-state index in [1.54, 1.807) is 11.3 Å². The van der Waals surface area contributed by atoms with Gasteiger partial charge in [-0.2, -0.15) is 0 Å². The Morgan fingerprint density at radius 2 is 1.77 bits per heavy atom. The molecule has 6 heteroatoms. The molecule has 3 aromatic rings. The van der Waals surface area contributed by atoms with Crippen LogP contribution in [0.15, 0.2) is 60.0 Å². The van der Waals surface area contributed by atoms with Crippen molar-refractivity contribution in [3.8, 4) is 10.6 Å². The first-order valence-corrected chi connectivity index (χ1v) is 11.7. The average Bonchev–Trinajstić information content (AvgIpc) is 3.24. The van der Waals surface area contributed by atoms with Gasteiger partial charge in [-0.1, -0.05) is 61.0 Å². The fraction of sp³-hybridized carbons (Fsp3) is 0.333. The lowest BCUT2D eigenvalue weighted by molar-refractivity contribution is -0.134. The molecule has 2 aromatic carbocycles. The summed E-state index contributed by atoms with van der Waals surface area (Å²) in [5, 5.41) is 3.88. The van der Waals surface area contributed by atoms with E-state index in [0.29, 0.717) is 0 Å². The van der Waals surface area contributed by atoms with E-state index in [1.165, 1.54) is 0 Å². The highest BCUT2D eigenvalue weighted by molar-refractivity contribution is 7.13. The van der Waals surface area contributed by atoms with Gasteiger partial charge in [-0.15, -0.1) is 11.3 Å². The van der Waals surface area contributed by atoms with E-state index in [9.17, 15) is 4.79 Å². The van der Waals surface area contributed by atoms with Crippen molar-refractivity contribution in [3.63, 3.8) is 0 Å². The summed E-state index contributed by atoms with van der Waals surface area (Å²) in [6.07, 6.45) is 0.829. The molecule has 4 rings (SSSR count). The molecule has 30 heavy (non-hydrogen) atoms. The van der Waals surface area contributed by atoms with Crippen molar-refractivity contribution in [2.75, 3.05) is 26.2 Å². The predicted molar refractivity (Wildman–Crippen MR) is 124 cm³/mol. The van der Waals surface area contributed by atoms with Gasteiger partial charge in [0, 0.05) is 48.7 Å². The van der Waals surface area contributed by atoms with Gasteiger partial charge in [0.15, 0.2) is 0 Å². The van der Waals surface area contributed by atoms with Crippen LogP contribution in [-0.2, 0) is 11.3 Å². The van der Waals surface area contributed by atoms with E-state index < -0.39 is 0 Å². The van der Waals surface area contributed by atoms with Crippen molar-refractivity contribution in [1.82, 2.24) is 14.8 Å². The number of thiazole rings is 1. The molecule has 0 N–H and O–H groups in total. The second-order valence-corrected chi connectivity index (χ2v) is 8.92. The van der Waals surface area contributed by atoms with Gasteiger partial charge in [0.05, 0.1) is 11.6 Å². The summed E-state index contributed by atoms with van der Waals surface area (Å²) >= 11 is 7.64. The summed E-state index contributed by atoms with van der Waals surface area (Å²) < 4.78 is 0. The third-order valence-corrected chi connectivity index (χ3v) is 6.81. The van der Waals surface area contributed by atoms with E-state index in [2.05, 4.69) is 29.3 Å². The van der Waals surface area contributed by atoms with Gasteiger partial charge in [-0.05, 0) is 24.1 Å². The highest BCUT2D eigenvalue weighted by Gasteiger charge is 2.27. The molecular weight excluding hydrogens is 414 g/mol. The van der Waals surface area contributed by atoms with Crippen LogP contribution in [0.5, 0.6) is 0 Å². The van der Waals surface area contributed by atoms with E-state index in [-0.39, 0.29) is 11.8 Å². The maximum absolute atomic E-state index is 13.1. The second-order valence-electron chi connectivity index (χ2n) is 7.62. The summed E-state index contributed by atoms with van der Waals surface area (Å²) in [4.78, 5) is 22.3. The van der Waals surface area contributed by atoms with Crippen LogP contribution in [0.3, 0.4) is 0 Å². The zero-order valence-corrected chi connectivity index (χ0v) is 18.7. The number of carbonyl (C=O) groups excluding carboxylic acids is 1. The molecule has 1 unspecified atom stereocenters. The van der Waals surface area contributed by atoms with E-state index in [4.69, 9.17) is 16.6 Å². The van der Waals surface area contributed by atoms with E-state index in [1.807, 2.05) is 47.4 Å². The molecule has 1 aromatic heterocycles. The first-order chi connectivity index (χ1) is 14.6. The lowest BCUT2D eigenvalue weighted by Crippen LogP contribution is -2.49. The van der Waals surface area contributed by atoms with Crippen LogP contribution >= 0.6 is 22.9 Å². The van der Waals surface area contributed by atoms with Gasteiger partial charge in [0.2, 0.25) is 5.91 Å². The quantitative estimate of drug-likeness (QED) is 0.522. The highest BCUT2D eigenvalue weighted by atomic mass is 35.5. The van der Waals surface area contributed by atoms with Crippen molar-refractivity contribution in [1.29, 1.82) is 0 Å². The molecule has 156 valence electrons. The zero-order valence-electron chi connectivity index (χ0n) is 17.1. The number of hydrogen-bond donors (Lipinski definition) is 0. The third-order valence-electron chi connectivity index (χ3n) is 5.62. The van der Waals surface area contributed by atoms with Crippen LogP contribution in [0.1, 0.15) is 30.5 Å². The Morgan fingerprint density at radius 1 is 1.07 bits per heavy atom. The average molecular weight is 440 g/mol. The van der Waals surface area contributed by atoms with Crippen molar-refractivity contribution in [2.24, 2.45) is 0 Å². The van der Waals surface area contributed by atoms with Gasteiger partial charge in [0.25, 0.3) is 0 Å². The first kappa shape index (κ1) is 21.0. The number of nitrogens with zero attached hydrogens (tertiary/aromatic N) is 3. The number of benzene rings is 2. The molecule has 1 atom stereocenters. The van der Waals surface area contributed by atoms with Gasteiger partial charge in [0.1, 0.15) is 5.01 Å². The SMILES string of the molecule is CCC(C(=O)N1CCN(Cc2csc(-c3ccc(Cl)cc3)n2)CC1)c1ccccc1. The Hall–Kier alpha value is -2.21. The number of hydrogen-bond acceptors (Lipinski definition) is 4. The van der Waals surface area contributed by atoms with E-state index >= 15 is 0 Å². The highest BCUT2D eigenvalue weighted by Crippen LogP contribution is 2.26. The molecule has 0 aliphatic carbocycles. The van der Waals surface area contributed by atoms with Gasteiger partial charge in [-0.25, -0.2) is 4.98 Å². The fourth-order valence-electron chi connectivity index (χ4n) is 3.92. The Morgan fingerprint density at radius 3 is 2.43 bits per heavy atom. The standard InChI is InChI=1S/C24H26ClN3OS/c1-2-22(18-6-4-3-5-7-18)24(29)28-14-12-27(13-15-28)16-21-17-30-23(26-21)19-8-10-20(25)11-9-19/h3-11,17,22H,2,12-16H2,1H3. The molecule has 1 saturated heterocycles. The first-order valence-electron chi connectivity index (χ1n) is 10.4. The minimum atomic E-state index is -0.0433. The largest absolute Gasteiger partial charge is 0.340 e. The van der Waals surface area contributed by atoms with Crippen molar-refractivity contribution in [2.45, 2.75) is 25.8 Å². The van der Waals surface area contributed by atoms with Gasteiger partial charge >= 0.3 is 0 Å². The molecule has 0 spiro atoms. The summed E-state index contributed by atoms with van der Waals surface area (Å²) in [6.45, 7) is 6.22. The number of amides is 1. The zero-order chi connectivity index (χ0) is 20.9.